The molecule has 0 atom stereocenters. The summed E-state index contributed by atoms with van der Waals surface area (Å²) >= 11 is 0. The first-order chi connectivity index (χ1) is 7.77. The number of aromatic nitrogens is 1. The van der Waals surface area contributed by atoms with Crippen LogP contribution in [0.4, 0.5) is 0 Å². The lowest BCUT2D eigenvalue weighted by Gasteiger charge is -2.11. The maximum absolute atomic E-state index is 5.66. The molecule has 1 rings (SSSR count). The second-order valence-corrected chi connectivity index (χ2v) is 3.60. The minimum absolute atomic E-state index is 0.660. The molecule has 1 aromatic heterocycles. The molecule has 0 unspecified atom stereocenters. The highest BCUT2D eigenvalue weighted by molar-refractivity contribution is 5.29. The quantitative estimate of drug-likeness (QED) is 0.566. The molecular weight excluding hydrogens is 200 g/mol. The molecule has 0 aliphatic carbocycles. The summed E-state index contributed by atoms with van der Waals surface area (Å²) in [7, 11) is 0. The number of rotatable bonds is 7. The molecule has 0 aliphatic rings. The molecule has 0 spiro atoms. The molecular formula is C13H20N2O. The van der Waals surface area contributed by atoms with E-state index >= 15 is 0 Å². The number of pyridine rings is 1. The van der Waals surface area contributed by atoms with E-state index in [1.807, 2.05) is 25.1 Å². The molecule has 1 aromatic rings. The lowest BCUT2D eigenvalue weighted by molar-refractivity contribution is 0.318. The summed E-state index contributed by atoms with van der Waals surface area (Å²) in [4.78, 5) is 4.48. The van der Waals surface area contributed by atoms with Crippen LogP contribution in [0.2, 0.25) is 0 Å². The summed E-state index contributed by atoms with van der Waals surface area (Å²) < 4.78 is 5.66. The molecule has 3 nitrogen and oxygen atoms in total. The van der Waals surface area contributed by atoms with Gasteiger partial charge in [0.25, 0.3) is 0 Å². The first-order valence-corrected chi connectivity index (χ1v) is 5.68. The van der Waals surface area contributed by atoms with E-state index in [0.717, 1.165) is 36.6 Å². The minimum Gasteiger partial charge on any atom is -0.491 e. The Balaban J connectivity index is 2.68. The maximum atomic E-state index is 5.66. The van der Waals surface area contributed by atoms with Gasteiger partial charge in [-0.05, 0) is 32.0 Å². The Labute approximate surface area is 97.5 Å². The number of hydrogen-bond acceptors (Lipinski definition) is 3. The standard InChI is InChI=1S/C13H20N2O/c1-4-6-9-16-13-8-7-11(3)15-12(13)10-14-5-2/h4,7-8,14H,1,5-6,9-10H2,2-3H3. The summed E-state index contributed by atoms with van der Waals surface area (Å²) in [5.74, 6) is 0.869. The normalized spacial score (nSPS) is 10.1. The zero-order chi connectivity index (χ0) is 11.8. The van der Waals surface area contributed by atoms with Gasteiger partial charge >= 0.3 is 0 Å². The SMILES string of the molecule is C=CCCOc1ccc(C)nc1CNCC. The highest BCUT2D eigenvalue weighted by atomic mass is 16.5. The smallest absolute Gasteiger partial charge is 0.142 e. The van der Waals surface area contributed by atoms with E-state index in [1.54, 1.807) is 0 Å². The minimum atomic E-state index is 0.660. The fourth-order valence-electron chi connectivity index (χ4n) is 1.35. The van der Waals surface area contributed by atoms with Gasteiger partial charge in [-0.15, -0.1) is 6.58 Å². The molecule has 3 heteroatoms. The van der Waals surface area contributed by atoms with Crippen molar-refractivity contribution in [3.05, 3.63) is 36.2 Å². The Morgan fingerprint density at radius 3 is 3.00 bits per heavy atom. The Kier molecular flexibility index (Phi) is 5.57. The highest BCUT2D eigenvalue weighted by Crippen LogP contribution is 2.17. The zero-order valence-corrected chi connectivity index (χ0v) is 10.1. The summed E-state index contributed by atoms with van der Waals surface area (Å²) in [6, 6.07) is 3.96. The molecule has 1 N–H and O–H groups in total. The second-order valence-electron chi connectivity index (χ2n) is 3.60. The van der Waals surface area contributed by atoms with E-state index in [2.05, 4.69) is 23.8 Å². The van der Waals surface area contributed by atoms with Gasteiger partial charge in [-0.25, -0.2) is 0 Å². The number of ether oxygens (including phenoxy) is 1. The van der Waals surface area contributed by atoms with E-state index < -0.39 is 0 Å². The van der Waals surface area contributed by atoms with Crippen molar-refractivity contribution < 1.29 is 4.74 Å². The summed E-state index contributed by atoms with van der Waals surface area (Å²) in [6.45, 7) is 10.1. The number of hydrogen-bond donors (Lipinski definition) is 1. The lowest BCUT2D eigenvalue weighted by atomic mass is 10.3. The predicted octanol–water partition coefficient (Wildman–Crippen LogP) is 2.45. The van der Waals surface area contributed by atoms with Crippen LogP contribution >= 0.6 is 0 Å². The van der Waals surface area contributed by atoms with E-state index in [9.17, 15) is 0 Å². The molecule has 0 saturated carbocycles. The molecule has 1 heterocycles. The Morgan fingerprint density at radius 1 is 1.50 bits per heavy atom. The van der Waals surface area contributed by atoms with Crippen molar-refractivity contribution in [3.63, 3.8) is 0 Å². The summed E-state index contributed by atoms with van der Waals surface area (Å²) in [6.07, 6.45) is 2.71. The van der Waals surface area contributed by atoms with Crippen LogP contribution in [0.15, 0.2) is 24.8 Å². The third-order valence-electron chi connectivity index (χ3n) is 2.19. The third-order valence-corrected chi connectivity index (χ3v) is 2.19. The van der Waals surface area contributed by atoms with Crippen molar-refractivity contribution in [2.45, 2.75) is 26.8 Å². The fourth-order valence-corrected chi connectivity index (χ4v) is 1.35. The van der Waals surface area contributed by atoms with Gasteiger partial charge in [-0.3, -0.25) is 4.98 Å². The van der Waals surface area contributed by atoms with Crippen molar-refractivity contribution in [3.8, 4) is 5.75 Å². The van der Waals surface area contributed by atoms with Crippen LogP contribution in [0, 0.1) is 6.92 Å². The van der Waals surface area contributed by atoms with Gasteiger partial charge in [0.05, 0.1) is 12.3 Å². The summed E-state index contributed by atoms with van der Waals surface area (Å²) in [5.41, 5.74) is 2.00. The van der Waals surface area contributed by atoms with Gasteiger partial charge in [0.2, 0.25) is 0 Å². The number of nitrogens with zero attached hydrogens (tertiary/aromatic N) is 1. The maximum Gasteiger partial charge on any atom is 0.142 e. The average Bonchev–Trinajstić information content (AvgIpc) is 2.29. The second kappa shape index (κ2) is 7.01. The van der Waals surface area contributed by atoms with Crippen LogP contribution in [0.5, 0.6) is 5.75 Å². The van der Waals surface area contributed by atoms with Gasteiger partial charge in [-0.1, -0.05) is 13.0 Å². The van der Waals surface area contributed by atoms with Crippen LogP contribution in [-0.2, 0) is 6.54 Å². The molecule has 0 amide bonds. The van der Waals surface area contributed by atoms with Crippen LogP contribution in [0.25, 0.3) is 0 Å². The predicted molar refractivity (Wildman–Crippen MR) is 66.7 cm³/mol. The van der Waals surface area contributed by atoms with Crippen LogP contribution in [-0.4, -0.2) is 18.1 Å². The average molecular weight is 220 g/mol. The van der Waals surface area contributed by atoms with Crippen LogP contribution < -0.4 is 10.1 Å². The Morgan fingerprint density at radius 2 is 2.31 bits per heavy atom. The molecule has 0 saturated heterocycles. The van der Waals surface area contributed by atoms with Crippen molar-refractivity contribution >= 4 is 0 Å². The Hall–Kier alpha value is -1.35. The first kappa shape index (κ1) is 12.7. The monoisotopic (exact) mass is 220 g/mol. The molecule has 88 valence electrons. The van der Waals surface area contributed by atoms with E-state index in [1.165, 1.54) is 0 Å². The van der Waals surface area contributed by atoms with Crippen LogP contribution in [0.1, 0.15) is 24.7 Å². The van der Waals surface area contributed by atoms with Crippen molar-refractivity contribution in [1.29, 1.82) is 0 Å². The van der Waals surface area contributed by atoms with Crippen molar-refractivity contribution in [1.82, 2.24) is 10.3 Å². The van der Waals surface area contributed by atoms with Gasteiger partial charge < -0.3 is 10.1 Å². The van der Waals surface area contributed by atoms with Crippen molar-refractivity contribution in [2.24, 2.45) is 0 Å². The summed E-state index contributed by atoms with van der Waals surface area (Å²) in [5, 5.41) is 3.26. The van der Waals surface area contributed by atoms with Crippen molar-refractivity contribution in [2.75, 3.05) is 13.2 Å². The highest BCUT2D eigenvalue weighted by Gasteiger charge is 2.04. The lowest BCUT2D eigenvalue weighted by Crippen LogP contribution is -2.14. The number of aryl methyl sites for hydroxylation is 1. The van der Waals surface area contributed by atoms with E-state index in [4.69, 9.17) is 4.74 Å². The molecule has 0 bridgehead atoms. The van der Waals surface area contributed by atoms with Crippen LogP contribution in [0.3, 0.4) is 0 Å². The van der Waals surface area contributed by atoms with Gasteiger partial charge in [0, 0.05) is 12.2 Å². The first-order valence-electron chi connectivity index (χ1n) is 5.68. The number of nitrogens with one attached hydrogen (secondary N) is 1. The zero-order valence-electron chi connectivity index (χ0n) is 10.1. The Bertz CT molecular complexity index is 337. The van der Waals surface area contributed by atoms with Gasteiger partial charge in [0.15, 0.2) is 0 Å². The van der Waals surface area contributed by atoms with E-state index in [-0.39, 0.29) is 0 Å². The largest absolute Gasteiger partial charge is 0.491 e. The van der Waals surface area contributed by atoms with Gasteiger partial charge in [-0.2, -0.15) is 0 Å². The third kappa shape index (κ3) is 4.03. The molecule has 0 fully saturated rings. The molecule has 0 aliphatic heterocycles. The van der Waals surface area contributed by atoms with E-state index in [0.29, 0.717) is 6.61 Å². The molecule has 0 aromatic carbocycles. The topological polar surface area (TPSA) is 34.1 Å². The molecule has 16 heavy (non-hydrogen) atoms. The molecule has 0 radical (unpaired) electrons. The fraction of sp³-hybridized carbons (Fsp3) is 0.462. The van der Waals surface area contributed by atoms with Gasteiger partial charge in [0.1, 0.15) is 5.75 Å².